The van der Waals surface area contributed by atoms with Gasteiger partial charge in [0.1, 0.15) is 0 Å². The van der Waals surface area contributed by atoms with Crippen LogP contribution in [0.15, 0.2) is 12.7 Å². The highest BCUT2D eigenvalue weighted by atomic mass is 19.1. The molecule has 0 fully saturated rings. The summed E-state index contributed by atoms with van der Waals surface area (Å²) in [6, 6.07) is 0. The van der Waals surface area contributed by atoms with Gasteiger partial charge in [-0.2, -0.15) is 0 Å². The lowest BCUT2D eigenvalue weighted by atomic mass is 10.0. The quantitative estimate of drug-likeness (QED) is 0.242. The second-order valence-corrected chi connectivity index (χ2v) is 6.18. The van der Waals surface area contributed by atoms with Crippen LogP contribution in [0.5, 0.6) is 0 Å². The molecule has 138 valence electrons. The van der Waals surface area contributed by atoms with Crippen LogP contribution in [-0.2, 0) is 4.79 Å². The van der Waals surface area contributed by atoms with E-state index in [9.17, 15) is 9.18 Å². The average Bonchev–Trinajstić information content (AvgIpc) is 2.55. The average molecular weight is 331 g/mol. The minimum absolute atomic E-state index is 0.127. The van der Waals surface area contributed by atoms with Crippen molar-refractivity contribution in [2.75, 3.05) is 6.67 Å². The van der Waals surface area contributed by atoms with E-state index in [1.165, 1.54) is 83.5 Å². The standard InChI is InChI=1S/C17H35F.C3H4O2/c1-2-3-4-5-6-7-8-9-10-11-12-13-14-15-16-17-18;1-2-3(4)5/h2-17H2,1H3;2H,1H2,(H,4,5). The predicted octanol–water partition coefficient (Wildman–Crippen LogP) is 7.08. The summed E-state index contributed by atoms with van der Waals surface area (Å²) in [4.78, 5) is 9.25. The van der Waals surface area contributed by atoms with Gasteiger partial charge in [-0.3, -0.25) is 4.39 Å². The fourth-order valence-corrected chi connectivity index (χ4v) is 2.47. The fraction of sp³-hybridized carbons (Fsp3) is 0.850. The summed E-state index contributed by atoms with van der Waals surface area (Å²) in [6.45, 7) is 5.11. The fourth-order valence-electron chi connectivity index (χ4n) is 2.47. The highest BCUT2D eigenvalue weighted by Gasteiger charge is 1.93. The number of hydrogen-bond acceptors (Lipinski definition) is 1. The second kappa shape index (κ2) is 23.4. The van der Waals surface area contributed by atoms with Crippen molar-refractivity contribution >= 4 is 5.97 Å². The lowest BCUT2D eigenvalue weighted by Crippen LogP contribution is -1.83. The van der Waals surface area contributed by atoms with Crippen molar-refractivity contribution in [3.63, 3.8) is 0 Å². The van der Waals surface area contributed by atoms with Crippen molar-refractivity contribution in [2.24, 2.45) is 0 Å². The van der Waals surface area contributed by atoms with Crippen molar-refractivity contribution < 1.29 is 14.3 Å². The van der Waals surface area contributed by atoms with Gasteiger partial charge in [-0.1, -0.05) is 103 Å². The molecule has 0 spiro atoms. The van der Waals surface area contributed by atoms with Gasteiger partial charge >= 0.3 is 5.97 Å². The number of hydrogen-bond donors (Lipinski definition) is 1. The maximum absolute atomic E-state index is 11.8. The zero-order valence-electron chi connectivity index (χ0n) is 15.3. The Balaban J connectivity index is 0. The van der Waals surface area contributed by atoms with E-state index in [0.29, 0.717) is 0 Å². The second-order valence-electron chi connectivity index (χ2n) is 6.18. The number of rotatable bonds is 16. The van der Waals surface area contributed by atoms with Crippen LogP contribution >= 0.6 is 0 Å². The van der Waals surface area contributed by atoms with Crippen LogP contribution in [0.1, 0.15) is 103 Å². The third-order valence-electron chi connectivity index (χ3n) is 3.91. The first-order chi connectivity index (χ1) is 11.2. The van der Waals surface area contributed by atoms with Gasteiger partial charge in [0.15, 0.2) is 0 Å². The monoisotopic (exact) mass is 330 g/mol. The molecule has 2 nitrogen and oxygen atoms in total. The molecule has 0 saturated heterocycles. The van der Waals surface area contributed by atoms with Crippen molar-refractivity contribution in [2.45, 2.75) is 103 Å². The van der Waals surface area contributed by atoms with Crippen LogP contribution in [0.25, 0.3) is 0 Å². The summed E-state index contributed by atoms with van der Waals surface area (Å²) >= 11 is 0. The maximum Gasteiger partial charge on any atom is 0.327 e. The summed E-state index contributed by atoms with van der Waals surface area (Å²) in [5.74, 6) is -0.981. The Labute approximate surface area is 143 Å². The van der Waals surface area contributed by atoms with Crippen LogP contribution in [0.4, 0.5) is 4.39 Å². The lowest BCUT2D eigenvalue weighted by molar-refractivity contribution is -0.131. The molecule has 0 heterocycles. The summed E-state index contributed by atoms with van der Waals surface area (Å²) in [6.07, 6.45) is 20.8. The van der Waals surface area contributed by atoms with Gasteiger partial charge < -0.3 is 5.11 Å². The predicted molar refractivity (Wildman–Crippen MR) is 98.7 cm³/mol. The van der Waals surface area contributed by atoms with Crippen LogP contribution < -0.4 is 0 Å². The first kappa shape index (κ1) is 24.4. The zero-order valence-corrected chi connectivity index (χ0v) is 15.3. The van der Waals surface area contributed by atoms with Gasteiger partial charge in [0.25, 0.3) is 0 Å². The molecule has 3 heteroatoms. The molecular formula is C20H39FO2. The Morgan fingerprint density at radius 2 is 1.04 bits per heavy atom. The number of carbonyl (C=O) groups is 1. The lowest BCUT2D eigenvalue weighted by Gasteiger charge is -2.02. The molecule has 23 heavy (non-hydrogen) atoms. The number of alkyl halides is 1. The summed E-state index contributed by atoms with van der Waals surface area (Å²) in [5, 5.41) is 7.60. The van der Waals surface area contributed by atoms with E-state index < -0.39 is 5.97 Å². The molecule has 0 radical (unpaired) electrons. The molecule has 0 aliphatic rings. The highest BCUT2D eigenvalue weighted by molar-refractivity contribution is 5.78. The van der Waals surface area contributed by atoms with Crippen molar-refractivity contribution in [3.8, 4) is 0 Å². The molecule has 0 aliphatic carbocycles. The molecule has 0 rings (SSSR count). The highest BCUT2D eigenvalue weighted by Crippen LogP contribution is 2.13. The van der Waals surface area contributed by atoms with Crippen molar-refractivity contribution in [1.82, 2.24) is 0 Å². The number of unbranched alkanes of at least 4 members (excludes halogenated alkanes) is 14. The van der Waals surface area contributed by atoms with Crippen molar-refractivity contribution in [1.29, 1.82) is 0 Å². The van der Waals surface area contributed by atoms with Gasteiger partial charge in [-0.05, 0) is 6.42 Å². The van der Waals surface area contributed by atoms with E-state index in [2.05, 4.69) is 13.5 Å². The molecule has 0 aliphatic heterocycles. The van der Waals surface area contributed by atoms with Crippen LogP contribution in [0.3, 0.4) is 0 Å². The normalized spacial score (nSPS) is 10.0. The topological polar surface area (TPSA) is 37.3 Å². The summed E-state index contributed by atoms with van der Waals surface area (Å²) < 4.78 is 11.8. The molecule has 0 aromatic carbocycles. The Bertz CT molecular complexity index is 226. The maximum atomic E-state index is 11.8. The van der Waals surface area contributed by atoms with E-state index in [1.807, 2.05) is 0 Å². The van der Waals surface area contributed by atoms with Crippen LogP contribution in [-0.4, -0.2) is 17.8 Å². The van der Waals surface area contributed by atoms with E-state index in [-0.39, 0.29) is 6.67 Å². The molecule has 1 N–H and O–H groups in total. The third-order valence-corrected chi connectivity index (χ3v) is 3.91. The number of aliphatic carboxylic acids is 1. The molecule has 0 saturated carbocycles. The smallest absolute Gasteiger partial charge is 0.327 e. The summed E-state index contributed by atoms with van der Waals surface area (Å²) in [7, 11) is 0. The first-order valence-corrected chi connectivity index (χ1v) is 9.60. The van der Waals surface area contributed by atoms with Gasteiger partial charge in [0.2, 0.25) is 0 Å². The molecule has 0 aromatic heterocycles. The number of halogens is 1. The molecule has 0 aromatic rings. The SMILES string of the molecule is C=CC(=O)O.CCCCCCCCCCCCCCCCCF. The Kier molecular flexibility index (Phi) is 24.8. The zero-order chi connectivity index (χ0) is 17.6. The largest absolute Gasteiger partial charge is 0.478 e. The molecule has 0 unspecified atom stereocenters. The van der Waals surface area contributed by atoms with Gasteiger partial charge in [-0.15, -0.1) is 0 Å². The van der Waals surface area contributed by atoms with E-state index in [4.69, 9.17) is 5.11 Å². The number of carboxylic acid groups (broad SMARTS) is 1. The third kappa shape index (κ3) is 29.7. The van der Waals surface area contributed by atoms with Gasteiger partial charge in [0.05, 0.1) is 6.67 Å². The Morgan fingerprint density at radius 1 is 0.783 bits per heavy atom. The first-order valence-electron chi connectivity index (χ1n) is 9.60. The molecular weight excluding hydrogens is 291 g/mol. The van der Waals surface area contributed by atoms with Crippen molar-refractivity contribution in [3.05, 3.63) is 12.7 Å². The van der Waals surface area contributed by atoms with E-state index >= 15 is 0 Å². The number of carboxylic acids is 1. The molecule has 0 atom stereocenters. The van der Waals surface area contributed by atoms with Crippen LogP contribution in [0, 0.1) is 0 Å². The van der Waals surface area contributed by atoms with Crippen LogP contribution in [0.2, 0.25) is 0 Å². The van der Waals surface area contributed by atoms with E-state index in [0.717, 1.165) is 18.9 Å². The Morgan fingerprint density at radius 3 is 1.26 bits per heavy atom. The minimum Gasteiger partial charge on any atom is -0.478 e. The summed E-state index contributed by atoms with van der Waals surface area (Å²) in [5.41, 5.74) is 0. The van der Waals surface area contributed by atoms with E-state index in [1.54, 1.807) is 0 Å². The Hall–Kier alpha value is -0.860. The molecule has 0 amide bonds. The minimum atomic E-state index is -0.981. The molecule has 0 bridgehead atoms. The van der Waals surface area contributed by atoms with Gasteiger partial charge in [-0.25, -0.2) is 4.79 Å². The van der Waals surface area contributed by atoms with Gasteiger partial charge in [0, 0.05) is 6.08 Å².